The molecule has 0 saturated carbocycles. The molecule has 0 unspecified atom stereocenters. The molecule has 0 aromatic carbocycles. The zero-order valence-electron chi connectivity index (χ0n) is 5.92. The Kier molecular flexibility index (Phi) is 3.43. The highest BCUT2D eigenvalue weighted by atomic mass is 79.9. The van der Waals surface area contributed by atoms with E-state index in [1.807, 2.05) is 0 Å². The van der Waals surface area contributed by atoms with Gasteiger partial charge in [-0.15, -0.1) is 0 Å². The van der Waals surface area contributed by atoms with Gasteiger partial charge in [-0.3, -0.25) is 9.78 Å². The van der Waals surface area contributed by atoms with Crippen molar-refractivity contribution in [3.05, 3.63) is 23.2 Å². The molecule has 0 radical (unpaired) electrons. The van der Waals surface area contributed by atoms with Crippen molar-refractivity contribution in [1.29, 1.82) is 0 Å². The quantitative estimate of drug-likeness (QED) is 0.642. The predicted octanol–water partition coefficient (Wildman–Crippen LogP) is 1.73. The van der Waals surface area contributed by atoms with Crippen molar-refractivity contribution >= 4 is 32.3 Å². The van der Waals surface area contributed by atoms with E-state index < -0.39 is 0 Å². The van der Waals surface area contributed by atoms with Crippen LogP contribution in [0, 0.1) is 0 Å². The summed E-state index contributed by atoms with van der Waals surface area (Å²) in [4.78, 5) is 17.9. The lowest BCUT2D eigenvalue weighted by molar-refractivity contribution is 0.261. The first kappa shape index (κ1) is 9.41. The Hall–Kier alpha value is -0.680. The van der Waals surface area contributed by atoms with Crippen LogP contribution in [0.15, 0.2) is 12.4 Å². The zero-order chi connectivity index (χ0) is 8.97. The third-order valence-corrected chi connectivity index (χ3v) is 1.71. The number of carbonyl (C=O) groups is 1. The molecule has 1 aromatic rings. The van der Waals surface area contributed by atoms with Crippen LogP contribution >= 0.6 is 27.5 Å². The molecule has 6 heteroatoms. The fraction of sp³-hybridized carbons (Fsp3) is 0.167. The van der Waals surface area contributed by atoms with Crippen molar-refractivity contribution in [1.82, 2.24) is 15.3 Å². The van der Waals surface area contributed by atoms with E-state index in [1.165, 1.54) is 12.4 Å². The topological polar surface area (TPSA) is 54.9 Å². The molecule has 1 rings (SSSR count). The molecule has 0 saturated heterocycles. The molecule has 0 bridgehead atoms. The minimum absolute atomic E-state index is 0.275. The van der Waals surface area contributed by atoms with E-state index in [0.29, 0.717) is 10.8 Å². The second kappa shape index (κ2) is 4.37. The van der Waals surface area contributed by atoms with Gasteiger partial charge in [-0.25, -0.2) is 4.98 Å². The number of halogens is 2. The van der Waals surface area contributed by atoms with Crippen LogP contribution in [-0.4, -0.2) is 14.8 Å². The number of carbonyl (C=O) groups excluding carboxylic acids is 1. The summed E-state index contributed by atoms with van der Waals surface area (Å²) in [6.45, 7) is 0.275. The van der Waals surface area contributed by atoms with E-state index in [-0.39, 0.29) is 11.4 Å². The molecule has 1 amide bonds. The van der Waals surface area contributed by atoms with Crippen LogP contribution < -0.4 is 5.32 Å². The third-order valence-electron chi connectivity index (χ3n) is 1.12. The van der Waals surface area contributed by atoms with Crippen molar-refractivity contribution in [2.24, 2.45) is 0 Å². The van der Waals surface area contributed by atoms with Gasteiger partial charge < -0.3 is 5.32 Å². The molecule has 0 spiro atoms. The molecular weight excluding hydrogens is 245 g/mol. The maximum Gasteiger partial charge on any atom is 0.287 e. The van der Waals surface area contributed by atoms with Crippen molar-refractivity contribution in [2.75, 3.05) is 0 Å². The summed E-state index contributed by atoms with van der Waals surface area (Å²) < 4.78 is 0. The smallest absolute Gasteiger partial charge is 0.287 e. The lowest BCUT2D eigenvalue weighted by atomic mass is 10.4. The number of nitrogens with one attached hydrogen (secondary N) is 1. The van der Waals surface area contributed by atoms with Crippen molar-refractivity contribution in [3.63, 3.8) is 0 Å². The van der Waals surface area contributed by atoms with Gasteiger partial charge in [0.15, 0.2) is 5.15 Å². The minimum Gasteiger partial charge on any atom is -0.341 e. The molecule has 1 heterocycles. The largest absolute Gasteiger partial charge is 0.341 e. The zero-order valence-corrected chi connectivity index (χ0v) is 8.26. The second-order valence-corrected chi connectivity index (χ2v) is 3.00. The van der Waals surface area contributed by atoms with Crippen molar-refractivity contribution < 1.29 is 4.79 Å². The fourth-order valence-electron chi connectivity index (χ4n) is 0.622. The van der Waals surface area contributed by atoms with Gasteiger partial charge >= 0.3 is 0 Å². The van der Waals surface area contributed by atoms with Crippen molar-refractivity contribution in [2.45, 2.75) is 6.54 Å². The maximum absolute atomic E-state index is 10.4. The highest BCUT2D eigenvalue weighted by Crippen LogP contribution is 2.07. The highest BCUT2D eigenvalue weighted by molar-refractivity contribution is 9.18. The Balaban J connectivity index is 2.63. The number of amides is 1. The van der Waals surface area contributed by atoms with Gasteiger partial charge in [-0.2, -0.15) is 0 Å². The molecule has 0 aliphatic heterocycles. The number of hydrogen-bond acceptors (Lipinski definition) is 3. The van der Waals surface area contributed by atoms with Crippen LogP contribution in [0.4, 0.5) is 4.79 Å². The molecule has 1 aromatic heterocycles. The lowest BCUT2D eigenvalue weighted by Gasteiger charge is -2.00. The first-order valence-corrected chi connectivity index (χ1v) is 4.26. The Bertz CT molecular complexity index is 294. The number of nitrogens with zero attached hydrogens (tertiary/aromatic N) is 2. The molecule has 64 valence electrons. The molecule has 4 nitrogen and oxygen atoms in total. The van der Waals surface area contributed by atoms with E-state index in [9.17, 15) is 4.79 Å². The molecular formula is C6H5BrClN3O. The molecule has 0 aliphatic carbocycles. The molecule has 0 fully saturated rings. The Morgan fingerprint density at radius 3 is 2.83 bits per heavy atom. The summed E-state index contributed by atoms with van der Waals surface area (Å²) >= 11 is 8.38. The molecule has 0 aliphatic rings. The van der Waals surface area contributed by atoms with E-state index in [1.54, 1.807) is 0 Å². The van der Waals surface area contributed by atoms with Crippen molar-refractivity contribution in [3.8, 4) is 0 Å². The van der Waals surface area contributed by atoms with Crippen LogP contribution in [0.5, 0.6) is 0 Å². The first-order valence-electron chi connectivity index (χ1n) is 3.09. The van der Waals surface area contributed by atoms with Gasteiger partial charge in [0, 0.05) is 28.3 Å². The Morgan fingerprint density at radius 1 is 1.58 bits per heavy atom. The Morgan fingerprint density at radius 2 is 2.25 bits per heavy atom. The minimum atomic E-state index is -0.302. The maximum atomic E-state index is 10.4. The first-order chi connectivity index (χ1) is 5.70. The Labute approximate surface area is 82.5 Å². The van der Waals surface area contributed by atoms with Gasteiger partial charge in [-0.1, -0.05) is 11.6 Å². The van der Waals surface area contributed by atoms with Gasteiger partial charge in [-0.05, 0) is 0 Å². The average Bonchev–Trinajstić information content (AvgIpc) is 2.03. The van der Waals surface area contributed by atoms with E-state index in [0.717, 1.165) is 0 Å². The van der Waals surface area contributed by atoms with Crippen LogP contribution in [0.25, 0.3) is 0 Å². The van der Waals surface area contributed by atoms with E-state index in [2.05, 4.69) is 31.2 Å². The van der Waals surface area contributed by atoms with Gasteiger partial charge in [0.2, 0.25) is 0 Å². The van der Waals surface area contributed by atoms with Gasteiger partial charge in [0.25, 0.3) is 4.82 Å². The third kappa shape index (κ3) is 2.75. The van der Waals surface area contributed by atoms with Crippen LogP contribution in [0.2, 0.25) is 5.15 Å². The van der Waals surface area contributed by atoms with Gasteiger partial charge in [0.1, 0.15) is 0 Å². The number of hydrogen-bond donors (Lipinski definition) is 1. The standard InChI is InChI=1S/C6H5BrClN3O/c7-6(12)11-3-4-5(8)10-2-1-9-4/h1-2H,3H2,(H,11,12). The molecule has 12 heavy (non-hydrogen) atoms. The van der Waals surface area contributed by atoms with E-state index in [4.69, 9.17) is 11.6 Å². The summed E-state index contributed by atoms with van der Waals surface area (Å²) in [6.07, 6.45) is 3.00. The molecule has 1 N–H and O–H groups in total. The summed E-state index contributed by atoms with van der Waals surface area (Å²) in [5.74, 6) is 0. The van der Waals surface area contributed by atoms with Crippen LogP contribution in [-0.2, 0) is 6.54 Å². The van der Waals surface area contributed by atoms with Gasteiger partial charge in [0.05, 0.1) is 12.2 Å². The van der Waals surface area contributed by atoms with Crippen LogP contribution in [0.1, 0.15) is 5.69 Å². The fourth-order valence-corrected chi connectivity index (χ4v) is 0.934. The number of aromatic nitrogens is 2. The highest BCUT2D eigenvalue weighted by Gasteiger charge is 2.02. The monoisotopic (exact) mass is 249 g/mol. The number of rotatable bonds is 2. The summed E-state index contributed by atoms with van der Waals surface area (Å²) in [5.41, 5.74) is 0.548. The summed E-state index contributed by atoms with van der Waals surface area (Å²) in [5, 5.41) is 2.80. The SMILES string of the molecule is O=C(Br)NCc1nccnc1Cl. The predicted molar refractivity (Wildman–Crippen MR) is 48.2 cm³/mol. The average molecular weight is 250 g/mol. The molecule has 0 atom stereocenters. The summed E-state index contributed by atoms with van der Waals surface area (Å²) in [7, 11) is 0. The van der Waals surface area contributed by atoms with E-state index >= 15 is 0 Å². The normalized spacial score (nSPS) is 9.50. The second-order valence-electron chi connectivity index (χ2n) is 1.92. The summed E-state index contributed by atoms with van der Waals surface area (Å²) in [6, 6.07) is 0. The van der Waals surface area contributed by atoms with Crippen LogP contribution in [0.3, 0.4) is 0 Å². The lowest BCUT2D eigenvalue weighted by Crippen LogP contribution is -2.16.